The second-order valence-corrected chi connectivity index (χ2v) is 3.78. The van der Waals surface area contributed by atoms with Gasteiger partial charge in [-0.2, -0.15) is 0 Å². The maximum Gasteiger partial charge on any atom is 0.0879 e. The van der Waals surface area contributed by atoms with E-state index >= 15 is 0 Å². The summed E-state index contributed by atoms with van der Waals surface area (Å²) >= 11 is 3.36. The normalized spacial score (nSPS) is 11.6. The quantitative estimate of drug-likeness (QED) is 0.863. The average Bonchev–Trinajstić information content (AvgIpc) is 2.21. The van der Waals surface area contributed by atoms with Gasteiger partial charge in [0.05, 0.1) is 18.9 Å². The Bertz CT molecular complexity index is 308. The van der Waals surface area contributed by atoms with E-state index in [2.05, 4.69) is 15.9 Å². The Labute approximate surface area is 91.9 Å². The lowest BCUT2D eigenvalue weighted by Gasteiger charge is -2.04. The minimum absolute atomic E-state index is 0.368. The highest BCUT2D eigenvalue weighted by atomic mass is 79.9. The Balaban J connectivity index is 2.35. The summed E-state index contributed by atoms with van der Waals surface area (Å²) < 4.78 is 6.38. The molecule has 0 heterocycles. The summed E-state index contributed by atoms with van der Waals surface area (Å²) in [7, 11) is 0. The van der Waals surface area contributed by atoms with Crippen molar-refractivity contribution in [3.8, 4) is 0 Å². The molecule has 0 radical (unpaired) electrons. The molecule has 1 aromatic rings. The molecule has 0 unspecified atom stereocenters. The summed E-state index contributed by atoms with van der Waals surface area (Å²) in [4.78, 5) is 0. The van der Waals surface area contributed by atoms with Crippen molar-refractivity contribution in [2.45, 2.75) is 6.61 Å². The number of hydrogen-bond acceptors (Lipinski definition) is 3. The fraction of sp³-hybridized carbons (Fsp3) is 0.200. The van der Waals surface area contributed by atoms with Gasteiger partial charge in [0.1, 0.15) is 0 Å². The van der Waals surface area contributed by atoms with E-state index < -0.39 is 0 Å². The highest BCUT2D eigenvalue weighted by Crippen LogP contribution is 2.11. The highest BCUT2D eigenvalue weighted by Gasteiger charge is 1.94. The summed E-state index contributed by atoms with van der Waals surface area (Å²) in [6.45, 7) is 0.911. The molecule has 0 spiro atoms. The Kier molecular flexibility index (Phi) is 4.49. The van der Waals surface area contributed by atoms with Crippen LogP contribution in [0.5, 0.6) is 0 Å². The molecular formula is C10H13BrN2O. The van der Waals surface area contributed by atoms with E-state index in [4.69, 9.17) is 16.2 Å². The van der Waals surface area contributed by atoms with Gasteiger partial charge in [-0.3, -0.25) is 0 Å². The minimum Gasteiger partial charge on any atom is -0.403 e. The molecule has 76 valence electrons. The number of ether oxygens (including phenoxy) is 1. The molecule has 4 N–H and O–H groups in total. The SMILES string of the molecule is N/C=C(\N)COCc1ccc(Br)cc1. The Morgan fingerprint density at radius 1 is 1.36 bits per heavy atom. The van der Waals surface area contributed by atoms with Crippen LogP contribution in [-0.4, -0.2) is 6.61 Å². The Morgan fingerprint density at radius 2 is 2.00 bits per heavy atom. The first-order valence-corrected chi connectivity index (χ1v) is 5.00. The van der Waals surface area contributed by atoms with Crippen LogP contribution in [0.2, 0.25) is 0 Å². The van der Waals surface area contributed by atoms with Crippen LogP contribution in [0.1, 0.15) is 5.56 Å². The lowest BCUT2D eigenvalue weighted by atomic mass is 10.2. The maximum absolute atomic E-state index is 5.46. The van der Waals surface area contributed by atoms with E-state index in [1.54, 1.807) is 0 Å². The van der Waals surface area contributed by atoms with E-state index in [1.165, 1.54) is 6.20 Å². The fourth-order valence-corrected chi connectivity index (χ4v) is 1.18. The van der Waals surface area contributed by atoms with E-state index in [-0.39, 0.29) is 0 Å². The summed E-state index contributed by atoms with van der Waals surface area (Å²) in [6, 6.07) is 7.93. The van der Waals surface area contributed by atoms with Gasteiger partial charge in [0, 0.05) is 10.7 Å². The monoisotopic (exact) mass is 256 g/mol. The molecule has 0 saturated heterocycles. The zero-order valence-corrected chi connectivity index (χ0v) is 9.33. The first-order chi connectivity index (χ1) is 6.72. The second-order valence-electron chi connectivity index (χ2n) is 2.86. The molecule has 1 aromatic carbocycles. The van der Waals surface area contributed by atoms with Crippen LogP contribution >= 0.6 is 15.9 Å². The largest absolute Gasteiger partial charge is 0.403 e. The van der Waals surface area contributed by atoms with Crippen LogP contribution < -0.4 is 11.5 Å². The molecule has 0 saturated carbocycles. The molecule has 0 aliphatic carbocycles. The fourth-order valence-electron chi connectivity index (χ4n) is 0.915. The van der Waals surface area contributed by atoms with Crippen molar-refractivity contribution in [2.24, 2.45) is 11.5 Å². The highest BCUT2D eigenvalue weighted by molar-refractivity contribution is 9.10. The molecular weight excluding hydrogens is 244 g/mol. The molecule has 0 amide bonds. The summed E-state index contributed by atoms with van der Waals surface area (Å²) in [5, 5.41) is 0. The first kappa shape index (κ1) is 11.1. The zero-order valence-electron chi connectivity index (χ0n) is 7.74. The van der Waals surface area contributed by atoms with Crippen molar-refractivity contribution in [1.29, 1.82) is 0 Å². The van der Waals surface area contributed by atoms with E-state index in [9.17, 15) is 0 Å². The van der Waals surface area contributed by atoms with Crippen LogP contribution in [0.4, 0.5) is 0 Å². The second kappa shape index (κ2) is 5.67. The molecule has 0 aliphatic heterocycles. The smallest absolute Gasteiger partial charge is 0.0879 e. The van der Waals surface area contributed by atoms with Crippen molar-refractivity contribution in [2.75, 3.05) is 6.61 Å². The average molecular weight is 257 g/mol. The van der Waals surface area contributed by atoms with Gasteiger partial charge in [0.15, 0.2) is 0 Å². The van der Waals surface area contributed by atoms with Gasteiger partial charge < -0.3 is 16.2 Å². The van der Waals surface area contributed by atoms with E-state index in [0.29, 0.717) is 18.9 Å². The molecule has 3 nitrogen and oxygen atoms in total. The topological polar surface area (TPSA) is 61.3 Å². The molecule has 14 heavy (non-hydrogen) atoms. The van der Waals surface area contributed by atoms with E-state index in [1.807, 2.05) is 24.3 Å². The number of benzene rings is 1. The van der Waals surface area contributed by atoms with Crippen LogP contribution in [0.3, 0.4) is 0 Å². The number of hydrogen-bond donors (Lipinski definition) is 2. The van der Waals surface area contributed by atoms with Gasteiger partial charge in [-0.25, -0.2) is 0 Å². The molecule has 0 aromatic heterocycles. The Hall–Kier alpha value is -1.00. The third kappa shape index (κ3) is 3.81. The number of halogens is 1. The van der Waals surface area contributed by atoms with Gasteiger partial charge in [0.2, 0.25) is 0 Å². The summed E-state index contributed by atoms with van der Waals surface area (Å²) in [5.74, 6) is 0. The Morgan fingerprint density at radius 3 is 2.57 bits per heavy atom. The third-order valence-electron chi connectivity index (χ3n) is 1.66. The molecule has 0 aliphatic rings. The molecule has 4 heteroatoms. The van der Waals surface area contributed by atoms with Crippen LogP contribution in [-0.2, 0) is 11.3 Å². The number of nitrogens with two attached hydrogens (primary N) is 2. The van der Waals surface area contributed by atoms with Crippen molar-refractivity contribution in [1.82, 2.24) is 0 Å². The van der Waals surface area contributed by atoms with Gasteiger partial charge in [-0.15, -0.1) is 0 Å². The van der Waals surface area contributed by atoms with Gasteiger partial charge >= 0.3 is 0 Å². The summed E-state index contributed by atoms with van der Waals surface area (Å²) in [6.07, 6.45) is 1.35. The number of rotatable bonds is 4. The maximum atomic E-state index is 5.46. The minimum atomic E-state index is 0.368. The first-order valence-electron chi connectivity index (χ1n) is 4.21. The van der Waals surface area contributed by atoms with Crippen molar-refractivity contribution >= 4 is 15.9 Å². The van der Waals surface area contributed by atoms with Crippen molar-refractivity contribution < 1.29 is 4.74 Å². The summed E-state index contributed by atoms with van der Waals surface area (Å²) in [5.41, 5.74) is 12.3. The third-order valence-corrected chi connectivity index (χ3v) is 2.19. The van der Waals surface area contributed by atoms with Crippen molar-refractivity contribution in [3.63, 3.8) is 0 Å². The van der Waals surface area contributed by atoms with E-state index in [0.717, 1.165) is 10.0 Å². The van der Waals surface area contributed by atoms with Gasteiger partial charge in [-0.1, -0.05) is 28.1 Å². The van der Waals surface area contributed by atoms with Crippen molar-refractivity contribution in [3.05, 3.63) is 46.2 Å². The van der Waals surface area contributed by atoms with Crippen LogP contribution in [0.25, 0.3) is 0 Å². The van der Waals surface area contributed by atoms with Crippen LogP contribution in [0, 0.1) is 0 Å². The predicted octanol–water partition coefficient (Wildman–Crippen LogP) is 1.72. The molecule has 0 fully saturated rings. The molecule has 1 rings (SSSR count). The lowest BCUT2D eigenvalue weighted by Crippen LogP contribution is -2.08. The van der Waals surface area contributed by atoms with Gasteiger partial charge in [0.25, 0.3) is 0 Å². The van der Waals surface area contributed by atoms with Gasteiger partial charge in [-0.05, 0) is 17.7 Å². The lowest BCUT2D eigenvalue weighted by molar-refractivity contribution is 0.141. The standard InChI is InChI=1S/C10H13BrN2O/c11-9-3-1-8(2-4-9)6-14-7-10(13)5-12/h1-5H,6-7,12-13H2/b10-5-. The zero-order chi connectivity index (χ0) is 10.4. The molecule has 0 atom stereocenters. The molecule has 0 bridgehead atoms. The predicted molar refractivity (Wildman–Crippen MR) is 60.3 cm³/mol. The van der Waals surface area contributed by atoms with Crippen LogP contribution in [0.15, 0.2) is 40.6 Å².